The minimum Gasteiger partial charge on any atom is -0.325 e. The van der Waals surface area contributed by atoms with Gasteiger partial charge < -0.3 is 5.32 Å². The van der Waals surface area contributed by atoms with E-state index in [1.165, 1.54) is 23.8 Å². The third kappa shape index (κ3) is 6.41. The Hall–Kier alpha value is -1.76. The highest BCUT2D eigenvalue weighted by Crippen LogP contribution is 2.30. The highest BCUT2D eigenvalue weighted by atomic mass is 35.5. The van der Waals surface area contributed by atoms with Gasteiger partial charge in [0.1, 0.15) is 6.54 Å². The van der Waals surface area contributed by atoms with Crippen LogP contribution in [0.2, 0.25) is 10.0 Å². The Morgan fingerprint density at radius 1 is 1.11 bits per heavy atom. The molecule has 8 heteroatoms. The van der Waals surface area contributed by atoms with E-state index in [0.29, 0.717) is 10.7 Å². The van der Waals surface area contributed by atoms with Crippen LogP contribution in [0.25, 0.3) is 0 Å². The topological polar surface area (TPSA) is 66.5 Å². The smallest absolute Gasteiger partial charge is 0.245 e. The van der Waals surface area contributed by atoms with E-state index in [0.717, 1.165) is 29.8 Å². The fraction of sp³-hybridized carbons (Fsp3) is 0.316. The second-order valence-electron chi connectivity index (χ2n) is 6.21. The van der Waals surface area contributed by atoms with Crippen molar-refractivity contribution in [3.8, 4) is 0 Å². The second-order valence-corrected chi connectivity index (χ2v) is 8.96. The molecule has 0 aliphatic rings. The van der Waals surface area contributed by atoms with Gasteiger partial charge in [0.2, 0.25) is 15.9 Å². The van der Waals surface area contributed by atoms with Gasteiger partial charge in [-0.3, -0.25) is 9.10 Å². The number of rotatable bonds is 8. The van der Waals surface area contributed by atoms with Crippen molar-refractivity contribution < 1.29 is 13.2 Å². The third-order valence-electron chi connectivity index (χ3n) is 3.92. The molecular weight excluding hydrogens is 407 g/mol. The zero-order chi connectivity index (χ0) is 20.0. The standard InChI is InChI=1S/C19H22Cl2N2O3S/c1-3-4-5-14-6-9-16(10-7-14)22-19(24)13-23(27(2,25)26)18-11-8-15(20)12-17(18)21/h6-12H,3-5,13H2,1-2H3,(H,22,24). The SMILES string of the molecule is CCCCc1ccc(NC(=O)CN(c2ccc(Cl)cc2Cl)S(C)(=O)=O)cc1. The van der Waals surface area contributed by atoms with Gasteiger partial charge in [-0.15, -0.1) is 0 Å². The second kappa shape index (κ2) is 9.44. The van der Waals surface area contributed by atoms with Gasteiger partial charge in [0.25, 0.3) is 0 Å². The molecule has 0 spiro atoms. The molecule has 0 aliphatic heterocycles. The number of hydrogen-bond donors (Lipinski definition) is 1. The summed E-state index contributed by atoms with van der Waals surface area (Å²) in [5.41, 5.74) is 2.00. The number of unbranched alkanes of at least 4 members (excludes halogenated alkanes) is 1. The van der Waals surface area contributed by atoms with E-state index in [-0.39, 0.29) is 10.7 Å². The lowest BCUT2D eigenvalue weighted by Gasteiger charge is -2.23. The highest BCUT2D eigenvalue weighted by molar-refractivity contribution is 7.92. The van der Waals surface area contributed by atoms with Crippen LogP contribution in [0, 0.1) is 0 Å². The summed E-state index contributed by atoms with van der Waals surface area (Å²) in [5.74, 6) is -0.465. The summed E-state index contributed by atoms with van der Waals surface area (Å²) < 4.78 is 25.3. The molecule has 5 nitrogen and oxygen atoms in total. The minimum absolute atomic E-state index is 0.154. The first-order valence-corrected chi connectivity index (χ1v) is 11.1. The van der Waals surface area contributed by atoms with Gasteiger partial charge in [0.15, 0.2) is 0 Å². The predicted octanol–water partition coefficient (Wildman–Crippen LogP) is 4.74. The number of nitrogens with one attached hydrogen (secondary N) is 1. The zero-order valence-electron chi connectivity index (χ0n) is 15.2. The number of anilines is 2. The van der Waals surface area contributed by atoms with Gasteiger partial charge in [0.05, 0.1) is 17.0 Å². The molecule has 0 fully saturated rings. The fourth-order valence-electron chi connectivity index (χ4n) is 2.53. The van der Waals surface area contributed by atoms with Gasteiger partial charge in [-0.25, -0.2) is 8.42 Å². The molecule has 2 aromatic rings. The number of aryl methyl sites for hydroxylation is 1. The zero-order valence-corrected chi connectivity index (χ0v) is 17.5. The van der Waals surface area contributed by atoms with Crippen LogP contribution < -0.4 is 9.62 Å². The molecule has 0 radical (unpaired) electrons. The van der Waals surface area contributed by atoms with Crippen molar-refractivity contribution in [1.29, 1.82) is 0 Å². The van der Waals surface area contributed by atoms with Crippen LogP contribution in [0.4, 0.5) is 11.4 Å². The third-order valence-corrected chi connectivity index (χ3v) is 5.59. The molecule has 0 unspecified atom stereocenters. The molecule has 1 amide bonds. The summed E-state index contributed by atoms with van der Waals surface area (Å²) in [6.07, 6.45) is 4.24. The molecule has 2 rings (SSSR count). The number of nitrogens with zero attached hydrogens (tertiary/aromatic N) is 1. The Labute approximate surface area is 170 Å². The van der Waals surface area contributed by atoms with E-state index in [1.807, 2.05) is 24.3 Å². The van der Waals surface area contributed by atoms with E-state index in [2.05, 4.69) is 12.2 Å². The van der Waals surface area contributed by atoms with Crippen LogP contribution in [0.15, 0.2) is 42.5 Å². The Bertz CT molecular complexity index is 900. The molecule has 0 saturated carbocycles. The van der Waals surface area contributed by atoms with Crippen LogP contribution in [0.5, 0.6) is 0 Å². The van der Waals surface area contributed by atoms with Crippen molar-refractivity contribution >= 4 is 50.5 Å². The van der Waals surface area contributed by atoms with Crippen LogP contribution in [0.1, 0.15) is 25.3 Å². The average molecular weight is 429 g/mol. The summed E-state index contributed by atoms with van der Waals surface area (Å²) in [4.78, 5) is 12.4. The van der Waals surface area contributed by atoms with Gasteiger partial charge in [-0.2, -0.15) is 0 Å². The number of sulfonamides is 1. The van der Waals surface area contributed by atoms with Crippen LogP contribution >= 0.6 is 23.2 Å². The number of benzene rings is 2. The summed E-state index contributed by atoms with van der Waals surface area (Å²) >= 11 is 12.0. The Kier molecular flexibility index (Phi) is 7.53. The molecule has 2 aromatic carbocycles. The first-order chi connectivity index (χ1) is 12.7. The quantitative estimate of drug-likeness (QED) is 0.659. The van der Waals surface area contributed by atoms with Crippen molar-refractivity contribution in [3.63, 3.8) is 0 Å². The van der Waals surface area contributed by atoms with Gasteiger partial charge >= 0.3 is 0 Å². The number of carbonyl (C=O) groups is 1. The lowest BCUT2D eigenvalue weighted by Crippen LogP contribution is -2.37. The molecule has 0 aromatic heterocycles. The lowest BCUT2D eigenvalue weighted by molar-refractivity contribution is -0.114. The van der Waals surface area contributed by atoms with Gasteiger partial charge in [-0.1, -0.05) is 48.7 Å². The van der Waals surface area contributed by atoms with Crippen molar-refractivity contribution in [2.75, 3.05) is 22.4 Å². The normalized spacial score (nSPS) is 11.3. The predicted molar refractivity (Wildman–Crippen MR) is 112 cm³/mol. The van der Waals surface area contributed by atoms with Gasteiger partial charge in [0, 0.05) is 10.7 Å². The Morgan fingerprint density at radius 3 is 2.33 bits per heavy atom. The molecule has 1 N–H and O–H groups in total. The monoisotopic (exact) mass is 428 g/mol. The number of carbonyl (C=O) groups excluding carboxylic acids is 1. The first-order valence-electron chi connectivity index (χ1n) is 8.52. The van der Waals surface area contributed by atoms with E-state index in [4.69, 9.17) is 23.2 Å². The molecule has 0 bridgehead atoms. The number of hydrogen-bond acceptors (Lipinski definition) is 3. The molecule has 0 atom stereocenters. The molecule has 27 heavy (non-hydrogen) atoms. The average Bonchev–Trinajstić information content (AvgIpc) is 2.59. The van der Waals surface area contributed by atoms with E-state index in [1.54, 1.807) is 0 Å². The maximum Gasteiger partial charge on any atom is 0.245 e. The molecule has 146 valence electrons. The van der Waals surface area contributed by atoms with Crippen molar-refractivity contribution in [2.45, 2.75) is 26.2 Å². The van der Waals surface area contributed by atoms with Crippen molar-refractivity contribution in [3.05, 3.63) is 58.1 Å². The lowest BCUT2D eigenvalue weighted by atomic mass is 10.1. The highest BCUT2D eigenvalue weighted by Gasteiger charge is 2.23. The van der Waals surface area contributed by atoms with E-state index >= 15 is 0 Å². The summed E-state index contributed by atoms with van der Waals surface area (Å²) in [7, 11) is -3.71. The maximum atomic E-state index is 12.4. The molecule has 0 heterocycles. The Morgan fingerprint density at radius 2 is 1.78 bits per heavy atom. The van der Waals surface area contributed by atoms with Gasteiger partial charge in [-0.05, 0) is 48.7 Å². The number of amides is 1. The summed E-state index contributed by atoms with van der Waals surface area (Å²) in [5, 5.41) is 3.25. The van der Waals surface area contributed by atoms with E-state index < -0.39 is 22.5 Å². The van der Waals surface area contributed by atoms with Crippen molar-refractivity contribution in [1.82, 2.24) is 0 Å². The fourth-order valence-corrected chi connectivity index (χ4v) is 3.96. The maximum absolute atomic E-state index is 12.4. The van der Waals surface area contributed by atoms with Crippen LogP contribution in [-0.4, -0.2) is 27.1 Å². The first kappa shape index (κ1) is 21.5. The van der Waals surface area contributed by atoms with E-state index in [9.17, 15) is 13.2 Å². The largest absolute Gasteiger partial charge is 0.325 e. The molecule has 0 saturated heterocycles. The summed E-state index contributed by atoms with van der Waals surface area (Å²) in [6.45, 7) is 1.74. The Balaban J connectivity index is 2.12. The molecule has 0 aliphatic carbocycles. The number of halogens is 2. The minimum atomic E-state index is -3.71. The summed E-state index contributed by atoms with van der Waals surface area (Å²) in [6, 6.07) is 12.0. The van der Waals surface area contributed by atoms with Crippen LogP contribution in [0.3, 0.4) is 0 Å². The van der Waals surface area contributed by atoms with Crippen molar-refractivity contribution in [2.24, 2.45) is 0 Å². The molecular formula is C19H22Cl2N2O3S. The van der Waals surface area contributed by atoms with Crippen LogP contribution in [-0.2, 0) is 21.2 Å².